The number of benzene rings is 3. The summed E-state index contributed by atoms with van der Waals surface area (Å²) in [6.45, 7) is 0.634. The van der Waals surface area contributed by atoms with Gasteiger partial charge in [-0.2, -0.15) is 0 Å². The molecule has 1 atom stereocenters. The Morgan fingerprint density at radius 3 is 2.00 bits per heavy atom. The number of halogens is 2. The topological polar surface area (TPSA) is 110 Å². The monoisotopic (exact) mass is 639 g/mol. The number of nitrogens with zero attached hydrogens (tertiary/aromatic N) is 3. The van der Waals surface area contributed by atoms with Gasteiger partial charge in [0.1, 0.15) is 12.6 Å². The van der Waals surface area contributed by atoms with Gasteiger partial charge in [-0.25, -0.2) is 4.79 Å². The molecular formula is C35H31Cl2N5O3. The molecule has 3 heterocycles. The molecule has 3 aromatic carbocycles. The summed E-state index contributed by atoms with van der Waals surface area (Å²) < 4.78 is 5.43. The van der Waals surface area contributed by atoms with Crippen LogP contribution in [0.4, 0.5) is 16.2 Å². The van der Waals surface area contributed by atoms with E-state index in [9.17, 15) is 9.59 Å². The molecule has 0 bridgehead atoms. The van der Waals surface area contributed by atoms with Crippen LogP contribution in [-0.2, 0) is 16.1 Å². The van der Waals surface area contributed by atoms with Crippen LogP contribution in [0.15, 0.2) is 116 Å². The SMILES string of the molecule is Nc1c(Cl)ccnc1-c1ccccc1.O=C(Nc1c(Cl)ccnc1-c1ccccc1)[C@@H]1CCCN1C(=O)OCc1ccccc1. The third-order valence-electron chi connectivity index (χ3n) is 7.17. The molecule has 1 aliphatic rings. The predicted molar refractivity (Wildman–Crippen MR) is 179 cm³/mol. The number of likely N-dealkylation sites (tertiary alicyclic amines) is 1. The summed E-state index contributed by atoms with van der Waals surface area (Å²) in [4.78, 5) is 35.8. The molecule has 0 aliphatic carbocycles. The zero-order valence-corrected chi connectivity index (χ0v) is 25.8. The molecule has 8 nitrogen and oxygen atoms in total. The number of nitrogen functional groups attached to an aromatic ring is 1. The van der Waals surface area contributed by atoms with Crippen LogP contribution in [0.3, 0.4) is 0 Å². The Morgan fingerprint density at radius 2 is 1.36 bits per heavy atom. The number of nitrogens with two attached hydrogens (primary N) is 1. The average molecular weight is 641 g/mol. The Bertz CT molecular complexity index is 1740. The first-order valence-corrected chi connectivity index (χ1v) is 15.1. The number of aromatic nitrogens is 2. The molecule has 3 N–H and O–H groups in total. The van der Waals surface area contributed by atoms with Crippen molar-refractivity contribution >= 4 is 46.6 Å². The van der Waals surface area contributed by atoms with Crippen LogP contribution in [0.2, 0.25) is 10.0 Å². The second kappa shape index (κ2) is 15.2. The molecule has 2 amide bonds. The van der Waals surface area contributed by atoms with Crippen molar-refractivity contribution in [2.24, 2.45) is 0 Å². The Kier molecular flexibility index (Phi) is 10.6. The summed E-state index contributed by atoms with van der Waals surface area (Å²) >= 11 is 12.3. The first kappa shape index (κ1) is 31.5. The maximum Gasteiger partial charge on any atom is 0.410 e. The number of rotatable bonds is 6. The van der Waals surface area contributed by atoms with E-state index in [0.717, 1.165) is 28.8 Å². The van der Waals surface area contributed by atoms with E-state index in [0.29, 0.717) is 40.1 Å². The minimum Gasteiger partial charge on any atom is -0.445 e. The fraction of sp³-hybridized carbons (Fsp3) is 0.143. The van der Waals surface area contributed by atoms with Crippen molar-refractivity contribution in [3.05, 3.63) is 131 Å². The molecule has 1 saturated heterocycles. The Labute approximate surface area is 271 Å². The quantitative estimate of drug-likeness (QED) is 0.194. The summed E-state index contributed by atoms with van der Waals surface area (Å²) in [5, 5.41) is 3.82. The highest BCUT2D eigenvalue weighted by Gasteiger charge is 2.35. The number of carbonyl (C=O) groups excluding carboxylic acids is 2. The Hall–Kier alpha value is -4.92. The van der Waals surface area contributed by atoms with Crippen molar-refractivity contribution in [2.75, 3.05) is 17.6 Å². The smallest absolute Gasteiger partial charge is 0.410 e. The Morgan fingerprint density at radius 1 is 0.800 bits per heavy atom. The molecule has 228 valence electrons. The van der Waals surface area contributed by atoms with Gasteiger partial charge in [0.2, 0.25) is 5.91 Å². The predicted octanol–water partition coefficient (Wildman–Crippen LogP) is 8.13. The summed E-state index contributed by atoms with van der Waals surface area (Å²) in [6, 6.07) is 31.4. The standard InChI is InChI=1S/C24H22ClN3O3.C11H9ClN2/c25-19-13-14-26-21(18-10-5-2-6-11-18)22(19)27-23(29)20-12-7-15-28(20)24(30)31-16-17-8-3-1-4-9-17;12-9-6-7-14-11(10(9)13)8-4-2-1-3-5-8/h1-6,8-11,13-14,20H,7,12,15-16H2,(H,27,29);1-7H,13H2/t20-;/m0./s1. The van der Waals surface area contributed by atoms with Gasteiger partial charge >= 0.3 is 6.09 Å². The number of anilines is 2. The molecular weight excluding hydrogens is 609 g/mol. The van der Waals surface area contributed by atoms with E-state index in [2.05, 4.69) is 15.3 Å². The lowest BCUT2D eigenvalue weighted by Crippen LogP contribution is -2.43. The summed E-state index contributed by atoms with van der Waals surface area (Å²) in [5.74, 6) is -0.304. The van der Waals surface area contributed by atoms with Gasteiger partial charge in [0.15, 0.2) is 0 Å². The maximum absolute atomic E-state index is 13.1. The van der Waals surface area contributed by atoms with E-state index >= 15 is 0 Å². The van der Waals surface area contributed by atoms with Crippen LogP contribution in [-0.4, -0.2) is 39.5 Å². The van der Waals surface area contributed by atoms with Crippen LogP contribution in [0.5, 0.6) is 0 Å². The second-order valence-electron chi connectivity index (χ2n) is 10.2. The summed E-state index contributed by atoms with van der Waals surface area (Å²) in [6.07, 6.45) is 4.04. The van der Waals surface area contributed by atoms with E-state index in [4.69, 9.17) is 33.7 Å². The van der Waals surface area contributed by atoms with E-state index in [1.807, 2.05) is 91.0 Å². The van der Waals surface area contributed by atoms with Gasteiger partial charge in [0.05, 0.1) is 32.8 Å². The van der Waals surface area contributed by atoms with Crippen LogP contribution >= 0.6 is 23.2 Å². The zero-order chi connectivity index (χ0) is 31.6. The number of hydrogen-bond donors (Lipinski definition) is 2. The molecule has 45 heavy (non-hydrogen) atoms. The number of pyridine rings is 2. The molecule has 5 aromatic rings. The third-order valence-corrected chi connectivity index (χ3v) is 7.82. The minimum atomic E-state index is -0.622. The summed E-state index contributed by atoms with van der Waals surface area (Å²) in [7, 11) is 0. The van der Waals surface area contributed by atoms with E-state index in [-0.39, 0.29) is 12.5 Å². The Balaban J connectivity index is 0.000000238. The molecule has 1 fully saturated rings. The molecule has 2 aromatic heterocycles. The first-order chi connectivity index (χ1) is 21.9. The van der Waals surface area contributed by atoms with Gasteiger partial charge in [-0.1, -0.05) is 114 Å². The van der Waals surface area contributed by atoms with E-state index in [1.54, 1.807) is 24.5 Å². The lowest BCUT2D eigenvalue weighted by atomic mass is 10.1. The highest BCUT2D eigenvalue weighted by Crippen LogP contribution is 2.33. The third kappa shape index (κ3) is 7.98. The van der Waals surface area contributed by atoms with Gasteiger partial charge in [-0.15, -0.1) is 0 Å². The van der Waals surface area contributed by atoms with Gasteiger partial charge in [-0.05, 0) is 30.5 Å². The van der Waals surface area contributed by atoms with Gasteiger partial charge < -0.3 is 15.8 Å². The fourth-order valence-electron chi connectivity index (χ4n) is 4.91. The van der Waals surface area contributed by atoms with E-state index in [1.165, 1.54) is 4.90 Å². The maximum atomic E-state index is 13.1. The molecule has 0 saturated carbocycles. The average Bonchev–Trinajstić information content (AvgIpc) is 3.58. The molecule has 6 rings (SSSR count). The largest absolute Gasteiger partial charge is 0.445 e. The lowest BCUT2D eigenvalue weighted by Gasteiger charge is -2.24. The zero-order valence-electron chi connectivity index (χ0n) is 24.3. The number of ether oxygens (including phenoxy) is 1. The van der Waals surface area contributed by atoms with Crippen LogP contribution in [0.25, 0.3) is 22.5 Å². The first-order valence-electron chi connectivity index (χ1n) is 14.4. The molecule has 10 heteroatoms. The summed E-state index contributed by atoms with van der Waals surface area (Å²) in [5.41, 5.74) is 10.8. The highest BCUT2D eigenvalue weighted by atomic mass is 35.5. The van der Waals surface area contributed by atoms with Gasteiger partial charge in [0.25, 0.3) is 0 Å². The van der Waals surface area contributed by atoms with Crippen LogP contribution < -0.4 is 11.1 Å². The number of hydrogen-bond acceptors (Lipinski definition) is 6. The van der Waals surface area contributed by atoms with Gasteiger partial charge in [-0.3, -0.25) is 19.7 Å². The molecule has 1 aliphatic heterocycles. The molecule has 0 unspecified atom stereocenters. The number of nitrogens with one attached hydrogen (secondary N) is 1. The van der Waals surface area contributed by atoms with Crippen molar-refractivity contribution in [1.82, 2.24) is 14.9 Å². The molecule has 0 radical (unpaired) electrons. The lowest BCUT2D eigenvalue weighted by molar-refractivity contribution is -0.120. The second-order valence-corrected chi connectivity index (χ2v) is 11.0. The normalized spacial score (nSPS) is 13.8. The van der Waals surface area contributed by atoms with Crippen molar-refractivity contribution in [3.63, 3.8) is 0 Å². The van der Waals surface area contributed by atoms with Crippen molar-refractivity contribution < 1.29 is 14.3 Å². The van der Waals surface area contributed by atoms with Crippen LogP contribution in [0.1, 0.15) is 18.4 Å². The van der Waals surface area contributed by atoms with Crippen LogP contribution in [0, 0.1) is 0 Å². The van der Waals surface area contributed by atoms with Crippen molar-refractivity contribution in [3.8, 4) is 22.5 Å². The highest BCUT2D eigenvalue weighted by molar-refractivity contribution is 6.34. The van der Waals surface area contributed by atoms with Crippen molar-refractivity contribution in [2.45, 2.75) is 25.5 Å². The number of amides is 2. The number of carbonyl (C=O) groups is 2. The van der Waals surface area contributed by atoms with E-state index < -0.39 is 12.1 Å². The minimum absolute atomic E-state index is 0.164. The fourth-order valence-corrected chi connectivity index (χ4v) is 5.25. The molecule has 0 spiro atoms. The van der Waals surface area contributed by atoms with Gasteiger partial charge in [0, 0.05) is 30.1 Å². The van der Waals surface area contributed by atoms with Crippen molar-refractivity contribution in [1.29, 1.82) is 0 Å².